The van der Waals surface area contributed by atoms with Crippen LogP contribution in [0, 0.1) is 0 Å². The smallest absolute Gasteiger partial charge is 0.407 e. The van der Waals surface area contributed by atoms with E-state index in [1.807, 2.05) is 0 Å². The van der Waals surface area contributed by atoms with Crippen LogP contribution in [0.25, 0.3) is 0 Å². The van der Waals surface area contributed by atoms with Crippen molar-refractivity contribution in [1.82, 2.24) is 10.6 Å². The van der Waals surface area contributed by atoms with Crippen LogP contribution in [0.5, 0.6) is 0 Å². The van der Waals surface area contributed by atoms with Crippen LogP contribution >= 0.6 is 0 Å². The number of methoxy groups -OCH3 is 2. The average Bonchev–Trinajstić information content (AvgIpc) is 3.01. The molecule has 3 fully saturated rings. The first kappa shape index (κ1) is 11.5. The molecule has 18 heavy (non-hydrogen) atoms. The normalized spacial score (nSPS) is 43.0. The lowest BCUT2D eigenvalue weighted by atomic mass is 9.90. The van der Waals surface area contributed by atoms with Gasteiger partial charge in [0.1, 0.15) is 24.4 Å². The van der Waals surface area contributed by atoms with E-state index >= 15 is 0 Å². The zero-order valence-electron chi connectivity index (χ0n) is 9.91. The van der Waals surface area contributed by atoms with Crippen molar-refractivity contribution < 1.29 is 28.5 Å². The highest BCUT2D eigenvalue weighted by atomic mass is 16.7. The highest BCUT2D eigenvalue weighted by Gasteiger charge is 2.70. The molecule has 0 spiro atoms. The molecule has 0 aromatic carbocycles. The van der Waals surface area contributed by atoms with Crippen molar-refractivity contribution in [2.75, 3.05) is 14.2 Å². The third-order valence-corrected chi connectivity index (χ3v) is 3.56. The number of hydrogen-bond donors (Lipinski definition) is 2. The summed E-state index contributed by atoms with van der Waals surface area (Å²) >= 11 is 0. The maximum absolute atomic E-state index is 11.3. The molecule has 3 saturated heterocycles. The maximum atomic E-state index is 11.3. The lowest BCUT2D eigenvalue weighted by molar-refractivity contribution is 0.0120. The Labute approximate surface area is 103 Å². The van der Waals surface area contributed by atoms with E-state index in [1.165, 1.54) is 14.2 Å². The number of epoxide rings is 1. The Kier molecular flexibility index (Phi) is 2.56. The summed E-state index contributed by atoms with van der Waals surface area (Å²) in [7, 11) is 2.56. The molecule has 8 heteroatoms. The Balaban J connectivity index is 1.72. The number of ether oxygens (including phenoxy) is 4. The van der Waals surface area contributed by atoms with E-state index in [-0.39, 0.29) is 36.5 Å². The van der Waals surface area contributed by atoms with Gasteiger partial charge in [-0.2, -0.15) is 0 Å². The fourth-order valence-corrected chi connectivity index (χ4v) is 2.72. The van der Waals surface area contributed by atoms with E-state index < -0.39 is 12.2 Å². The Hall–Kier alpha value is -1.54. The number of carbonyl (C=O) groups is 2. The van der Waals surface area contributed by atoms with E-state index in [0.717, 1.165) is 0 Å². The van der Waals surface area contributed by atoms with Crippen molar-refractivity contribution in [2.24, 2.45) is 0 Å². The quantitative estimate of drug-likeness (QED) is 0.615. The van der Waals surface area contributed by atoms with E-state index in [0.29, 0.717) is 0 Å². The van der Waals surface area contributed by atoms with Crippen LogP contribution in [0.15, 0.2) is 0 Å². The summed E-state index contributed by atoms with van der Waals surface area (Å²) in [5.41, 5.74) is 0. The third-order valence-electron chi connectivity index (χ3n) is 3.56. The van der Waals surface area contributed by atoms with Gasteiger partial charge in [0.15, 0.2) is 0 Å². The number of fused-ring (bicyclic) bond motifs is 5. The maximum Gasteiger partial charge on any atom is 0.407 e. The predicted octanol–water partition coefficient (Wildman–Crippen LogP) is -1.02. The Morgan fingerprint density at radius 3 is 1.61 bits per heavy atom. The lowest BCUT2D eigenvalue weighted by Gasteiger charge is -2.26. The number of nitrogens with one attached hydrogen (secondary N) is 2. The number of amides is 2. The first-order chi connectivity index (χ1) is 8.65. The van der Waals surface area contributed by atoms with E-state index in [9.17, 15) is 9.59 Å². The standard InChI is InChI=1S/C10H14N2O6/c1-15-9(13)11-3-4(12-10(14)16-2)6-8-7(18-8)5(3)17-6/h3-8H,1-2H3,(H,11,13)(H,12,14)/t3-,4-,5-,6+,7-,8+/m0/s1. The summed E-state index contributed by atoms with van der Waals surface area (Å²) in [6, 6.07) is -0.740. The van der Waals surface area contributed by atoms with Crippen LogP contribution in [-0.2, 0) is 18.9 Å². The molecule has 3 heterocycles. The third kappa shape index (κ3) is 1.60. The molecule has 8 nitrogen and oxygen atoms in total. The van der Waals surface area contributed by atoms with Gasteiger partial charge in [0.05, 0.1) is 26.3 Å². The second-order valence-corrected chi connectivity index (χ2v) is 4.45. The second kappa shape index (κ2) is 3.99. The van der Waals surface area contributed by atoms with Gasteiger partial charge in [0.2, 0.25) is 0 Å². The van der Waals surface area contributed by atoms with Crippen molar-refractivity contribution in [2.45, 2.75) is 36.5 Å². The van der Waals surface area contributed by atoms with Crippen molar-refractivity contribution in [1.29, 1.82) is 0 Å². The summed E-state index contributed by atoms with van der Waals surface area (Å²) in [5, 5.41) is 5.32. The minimum atomic E-state index is -0.565. The Morgan fingerprint density at radius 1 is 0.833 bits per heavy atom. The largest absolute Gasteiger partial charge is 0.453 e. The first-order valence-electron chi connectivity index (χ1n) is 5.65. The van der Waals surface area contributed by atoms with Crippen LogP contribution in [0.1, 0.15) is 0 Å². The molecule has 0 aromatic heterocycles. The highest BCUT2D eigenvalue weighted by Crippen LogP contribution is 2.48. The van der Waals surface area contributed by atoms with Crippen molar-refractivity contribution in [3.05, 3.63) is 0 Å². The van der Waals surface area contributed by atoms with Crippen LogP contribution < -0.4 is 10.6 Å². The summed E-state index contributed by atoms with van der Waals surface area (Å²) in [5.74, 6) is 0. The Bertz CT molecular complexity index is 355. The van der Waals surface area contributed by atoms with Crippen LogP contribution in [0.3, 0.4) is 0 Å². The molecule has 2 N–H and O–H groups in total. The summed E-state index contributed by atoms with van der Waals surface area (Å²) in [4.78, 5) is 22.6. The van der Waals surface area contributed by atoms with E-state index in [2.05, 4.69) is 20.1 Å². The van der Waals surface area contributed by atoms with Crippen molar-refractivity contribution in [3.63, 3.8) is 0 Å². The molecule has 3 aliphatic rings. The number of carbonyl (C=O) groups excluding carboxylic acids is 2. The molecule has 0 aromatic rings. The van der Waals surface area contributed by atoms with Gasteiger partial charge in [-0.3, -0.25) is 0 Å². The molecule has 0 unspecified atom stereocenters. The van der Waals surface area contributed by atoms with Gasteiger partial charge in [0.25, 0.3) is 0 Å². The van der Waals surface area contributed by atoms with Crippen LogP contribution in [0.4, 0.5) is 9.59 Å². The second-order valence-electron chi connectivity index (χ2n) is 4.45. The molecule has 2 bridgehead atoms. The van der Waals surface area contributed by atoms with Crippen molar-refractivity contribution >= 4 is 12.2 Å². The monoisotopic (exact) mass is 258 g/mol. The fraction of sp³-hybridized carbons (Fsp3) is 0.800. The van der Waals surface area contributed by atoms with E-state index in [4.69, 9.17) is 9.47 Å². The summed E-state index contributed by atoms with van der Waals surface area (Å²) in [6.45, 7) is 0. The van der Waals surface area contributed by atoms with E-state index in [1.54, 1.807) is 0 Å². The minimum Gasteiger partial charge on any atom is -0.453 e. The summed E-state index contributed by atoms with van der Waals surface area (Å²) in [6.07, 6.45) is -1.61. The summed E-state index contributed by atoms with van der Waals surface area (Å²) < 4.78 is 20.2. The van der Waals surface area contributed by atoms with Gasteiger partial charge in [-0.05, 0) is 0 Å². The molecule has 0 radical (unpaired) electrons. The fourth-order valence-electron chi connectivity index (χ4n) is 2.72. The van der Waals surface area contributed by atoms with Gasteiger partial charge in [-0.25, -0.2) is 9.59 Å². The van der Waals surface area contributed by atoms with Gasteiger partial charge in [-0.15, -0.1) is 0 Å². The molecule has 2 amide bonds. The van der Waals surface area contributed by atoms with Crippen LogP contribution in [-0.4, -0.2) is 62.9 Å². The molecule has 100 valence electrons. The van der Waals surface area contributed by atoms with Gasteiger partial charge in [-0.1, -0.05) is 0 Å². The van der Waals surface area contributed by atoms with Crippen LogP contribution in [0.2, 0.25) is 0 Å². The number of rotatable bonds is 2. The van der Waals surface area contributed by atoms with Crippen molar-refractivity contribution in [3.8, 4) is 0 Å². The zero-order chi connectivity index (χ0) is 12.9. The average molecular weight is 258 g/mol. The number of hydrogen-bond acceptors (Lipinski definition) is 6. The molecular weight excluding hydrogens is 244 g/mol. The Morgan fingerprint density at radius 2 is 1.22 bits per heavy atom. The molecular formula is C10H14N2O6. The minimum absolute atomic E-state index is 0.00727. The molecule has 3 rings (SSSR count). The SMILES string of the molecule is COC(=O)N[C@H]1[C@H](NC(=O)OC)[C@@H]2O[C@H]1[C@H]1O[C@H]12. The van der Waals surface area contributed by atoms with Gasteiger partial charge < -0.3 is 29.6 Å². The highest BCUT2D eigenvalue weighted by molar-refractivity contribution is 5.70. The molecule has 3 aliphatic heterocycles. The first-order valence-corrected chi connectivity index (χ1v) is 5.65. The zero-order valence-corrected chi connectivity index (χ0v) is 9.91. The number of alkyl carbamates (subject to hydrolysis) is 2. The molecule has 0 saturated carbocycles. The molecule has 0 aliphatic carbocycles. The van der Waals surface area contributed by atoms with Gasteiger partial charge in [0, 0.05) is 0 Å². The van der Waals surface area contributed by atoms with Gasteiger partial charge >= 0.3 is 12.2 Å². The molecule has 6 atom stereocenters. The predicted molar refractivity (Wildman–Crippen MR) is 56.0 cm³/mol. The lowest BCUT2D eigenvalue weighted by Crippen LogP contribution is -2.59. The topological polar surface area (TPSA) is 98.4 Å².